The van der Waals surface area contributed by atoms with Gasteiger partial charge in [-0.2, -0.15) is 5.10 Å². The Hall–Kier alpha value is -2.44. The molecule has 0 spiro atoms. The Labute approximate surface area is 147 Å². The molecule has 1 aliphatic heterocycles. The largest absolute Gasteiger partial charge is 0.342 e. The standard InChI is InChI=1S/C18H25N5O2/c1-12-13(2)20-21-15(12)6-7-16(24)23-9-4-5-14(11-23)17(25)18-19-8-10-22(18)3/h8,10,14H,4-7,9,11H2,1-3H3,(H,20,21)/t14-/m1/s1. The van der Waals surface area contributed by atoms with Gasteiger partial charge in [0, 0.05) is 57.0 Å². The summed E-state index contributed by atoms with van der Waals surface area (Å²) in [6.45, 7) is 5.21. The average Bonchev–Trinajstić information content (AvgIpc) is 3.19. The molecule has 1 atom stereocenters. The van der Waals surface area contributed by atoms with E-state index in [0.29, 0.717) is 25.2 Å². The van der Waals surface area contributed by atoms with Crippen LogP contribution in [-0.4, -0.2) is 49.4 Å². The molecule has 0 unspecified atom stereocenters. The molecular formula is C18H25N5O2. The molecule has 1 aliphatic rings. The minimum atomic E-state index is -0.159. The highest BCUT2D eigenvalue weighted by Gasteiger charge is 2.30. The molecule has 1 saturated heterocycles. The summed E-state index contributed by atoms with van der Waals surface area (Å²) in [4.78, 5) is 31.2. The number of aromatic amines is 1. The van der Waals surface area contributed by atoms with Crippen LogP contribution in [0.25, 0.3) is 0 Å². The summed E-state index contributed by atoms with van der Waals surface area (Å²) in [6.07, 6.45) is 6.12. The van der Waals surface area contributed by atoms with Crippen molar-refractivity contribution in [1.29, 1.82) is 0 Å². The molecular weight excluding hydrogens is 318 g/mol. The fourth-order valence-electron chi connectivity index (χ4n) is 3.37. The van der Waals surface area contributed by atoms with Crippen LogP contribution in [-0.2, 0) is 18.3 Å². The third-order valence-corrected chi connectivity index (χ3v) is 5.12. The number of H-pyrrole nitrogens is 1. The van der Waals surface area contributed by atoms with E-state index in [1.54, 1.807) is 17.0 Å². The van der Waals surface area contributed by atoms with Crippen molar-refractivity contribution in [3.05, 3.63) is 35.2 Å². The number of Topliss-reactive ketones (excluding diaryl/α,β-unsaturated/α-hetero) is 1. The van der Waals surface area contributed by atoms with Crippen molar-refractivity contribution in [3.8, 4) is 0 Å². The van der Waals surface area contributed by atoms with Crippen LogP contribution in [0.3, 0.4) is 0 Å². The highest BCUT2D eigenvalue weighted by atomic mass is 16.2. The fourth-order valence-corrected chi connectivity index (χ4v) is 3.37. The number of aromatic nitrogens is 4. The zero-order chi connectivity index (χ0) is 18.0. The van der Waals surface area contributed by atoms with E-state index in [-0.39, 0.29) is 17.6 Å². The minimum absolute atomic E-state index is 0.0313. The molecule has 2 aromatic heterocycles. The van der Waals surface area contributed by atoms with Crippen LogP contribution >= 0.6 is 0 Å². The van der Waals surface area contributed by atoms with Crippen molar-refractivity contribution in [2.75, 3.05) is 13.1 Å². The fraction of sp³-hybridized carbons (Fsp3) is 0.556. The number of ketones is 1. The molecule has 0 saturated carbocycles. The van der Waals surface area contributed by atoms with E-state index in [1.807, 2.05) is 25.8 Å². The number of imidazole rings is 1. The lowest BCUT2D eigenvalue weighted by atomic mass is 9.93. The Morgan fingerprint density at radius 2 is 2.16 bits per heavy atom. The minimum Gasteiger partial charge on any atom is -0.342 e. The van der Waals surface area contributed by atoms with Crippen LogP contribution in [0.15, 0.2) is 12.4 Å². The number of likely N-dealkylation sites (tertiary alicyclic amines) is 1. The van der Waals surface area contributed by atoms with Crippen LogP contribution in [0, 0.1) is 19.8 Å². The highest BCUT2D eigenvalue weighted by molar-refractivity contribution is 5.95. The highest BCUT2D eigenvalue weighted by Crippen LogP contribution is 2.21. The van der Waals surface area contributed by atoms with Gasteiger partial charge in [0.1, 0.15) is 0 Å². The number of amides is 1. The third kappa shape index (κ3) is 3.65. The first kappa shape index (κ1) is 17.4. The molecule has 2 aromatic rings. The second kappa shape index (κ2) is 7.21. The lowest BCUT2D eigenvalue weighted by molar-refractivity contribution is -0.132. The van der Waals surface area contributed by atoms with Crippen molar-refractivity contribution < 1.29 is 9.59 Å². The van der Waals surface area contributed by atoms with Gasteiger partial charge in [0.05, 0.1) is 5.69 Å². The molecule has 3 rings (SSSR count). The van der Waals surface area contributed by atoms with Gasteiger partial charge in [0.15, 0.2) is 5.82 Å². The number of carbonyl (C=O) groups is 2. The summed E-state index contributed by atoms with van der Waals surface area (Å²) in [7, 11) is 1.82. The van der Waals surface area contributed by atoms with Crippen molar-refractivity contribution >= 4 is 11.7 Å². The quantitative estimate of drug-likeness (QED) is 0.839. The topological polar surface area (TPSA) is 83.9 Å². The number of aryl methyl sites for hydroxylation is 3. The van der Waals surface area contributed by atoms with Gasteiger partial charge >= 0.3 is 0 Å². The van der Waals surface area contributed by atoms with Crippen molar-refractivity contribution in [2.45, 2.75) is 39.5 Å². The number of hydrogen-bond donors (Lipinski definition) is 1. The van der Waals surface area contributed by atoms with Crippen molar-refractivity contribution in [3.63, 3.8) is 0 Å². The van der Waals surface area contributed by atoms with E-state index in [2.05, 4.69) is 15.2 Å². The Morgan fingerprint density at radius 3 is 2.80 bits per heavy atom. The number of hydrogen-bond acceptors (Lipinski definition) is 4. The number of piperidine rings is 1. The molecule has 0 radical (unpaired) electrons. The van der Waals surface area contributed by atoms with Gasteiger partial charge in [-0.25, -0.2) is 4.98 Å². The Balaban J connectivity index is 1.59. The second-order valence-electron chi connectivity index (χ2n) is 6.83. The maximum atomic E-state index is 12.6. The average molecular weight is 343 g/mol. The summed E-state index contributed by atoms with van der Waals surface area (Å²) in [5, 5.41) is 7.21. The van der Waals surface area contributed by atoms with E-state index in [9.17, 15) is 9.59 Å². The molecule has 7 nitrogen and oxygen atoms in total. The monoisotopic (exact) mass is 343 g/mol. The summed E-state index contributed by atoms with van der Waals surface area (Å²) in [5.41, 5.74) is 3.11. The lowest BCUT2D eigenvalue weighted by Gasteiger charge is -2.32. The first-order valence-corrected chi connectivity index (χ1v) is 8.77. The summed E-state index contributed by atoms with van der Waals surface area (Å²) >= 11 is 0. The molecule has 0 bridgehead atoms. The van der Waals surface area contributed by atoms with Gasteiger partial charge in [-0.3, -0.25) is 14.7 Å². The predicted molar refractivity (Wildman–Crippen MR) is 93.2 cm³/mol. The Kier molecular flexibility index (Phi) is 5.01. The number of rotatable bonds is 5. The van der Waals surface area contributed by atoms with Gasteiger partial charge in [0.2, 0.25) is 11.7 Å². The normalized spacial score (nSPS) is 17.7. The number of nitrogens with zero attached hydrogens (tertiary/aromatic N) is 4. The van der Waals surface area contributed by atoms with E-state index in [1.165, 1.54) is 0 Å². The maximum Gasteiger partial charge on any atom is 0.222 e. The van der Waals surface area contributed by atoms with Crippen molar-refractivity contribution in [2.24, 2.45) is 13.0 Å². The zero-order valence-electron chi connectivity index (χ0n) is 15.1. The van der Waals surface area contributed by atoms with Gasteiger partial charge in [-0.15, -0.1) is 0 Å². The van der Waals surface area contributed by atoms with Crippen molar-refractivity contribution in [1.82, 2.24) is 24.6 Å². The maximum absolute atomic E-state index is 12.6. The predicted octanol–water partition coefficient (Wildman–Crippen LogP) is 1.81. The van der Waals surface area contributed by atoms with Crippen LogP contribution in [0.4, 0.5) is 0 Å². The van der Waals surface area contributed by atoms with E-state index < -0.39 is 0 Å². The molecule has 1 amide bonds. The number of carbonyl (C=O) groups excluding carboxylic acids is 2. The first-order valence-electron chi connectivity index (χ1n) is 8.77. The molecule has 25 heavy (non-hydrogen) atoms. The van der Waals surface area contributed by atoms with Crippen LogP contribution in [0.5, 0.6) is 0 Å². The van der Waals surface area contributed by atoms with E-state index in [0.717, 1.165) is 36.3 Å². The van der Waals surface area contributed by atoms with Crippen LogP contribution in [0.2, 0.25) is 0 Å². The van der Waals surface area contributed by atoms with Crippen LogP contribution in [0.1, 0.15) is 46.8 Å². The SMILES string of the molecule is Cc1[nH]nc(CCC(=O)N2CCC[C@@H](C(=O)c3nccn3C)C2)c1C. The smallest absolute Gasteiger partial charge is 0.222 e. The first-order chi connectivity index (χ1) is 12.0. The molecule has 3 heterocycles. The molecule has 1 fully saturated rings. The summed E-state index contributed by atoms with van der Waals surface area (Å²) in [5.74, 6) is 0.441. The van der Waals surface area contributed by atoms with Gasteiger partial charge < -0.3 is 9.47 Å². The van der Waals surface area contributed by atoms with E-state index in [4.69, 9.17) is 0 Å². The Bertz CT molecular complexity index is 776. The molecule has 1 N–H and O–H groups in total. The zero-order valence-corrected chi connectivity index (χ0v) is 15.1. The molecule has 7 heteroatoms. The van der Waals surface area contributed by atoms with Gasteiger partial charge in [-0.05, 0) is 32.3 Å². The van der Waals surface area contributed by atoms with Crippen LogP contribution < -0.4 is 0 Å². The lowest BCUT2D eigenvalue weighted by Crippen LogP contribution is -2.42. The third-order valence-electron chi connectivity index (χ3n) is 5.12. The van der Waals surface area contributed by atoms with E-state index >= 15 is 0 Å². The Morgan fingerprint density at radius 1 is 1.36 bits per heavy atom. The molecule has 134 valence electrons. The summed E-state index contributed by atoms with van der Waals surface area (Å²) < 4.78 is 1.74. The second-order valence-corrected chi connectivity index (χ2v) is 6.83. The number of nitrogens with one attached hydrogen (secondary N) is 1. The van der Waals surface area contributed by atoms with Gasteiger partial charge in [-0.1, -0.05) is 0 Å². The molecule has 0 aromatic carbocycles. The molecule has 0 aliphatic carbocycles. The summed E-state index contributed by atoms with van der Waals surface area (Å²) in [6, 6.07) is 0. The van der Waals surface area contributed by atoms with Gasteiger partial charge in [0.25, 0.3) is 0 Å².